The molecular weight excluding hydrogens is 472 g/mol. The molecule has 1 fully saturated rings. The maximum atomic E-state index is 13.8. The number of Topliss-reactive ketones (excluding diaryl/α,β-unsaturated/α-hetero) is 1. The van der Waals surface area contributed by atoms with Gasteiger partial charge >= 0.3 is 5.91 Å². The molecule has 10 heteroatoms. The molecule has 0 aliphatic carbocycles. The molecule has 5 rings (SSSR count). The molecule has 0 bridgehead atoms. The molecule has 0 spiro atoms. The molecule has 2 N–H and O–H groups in total. The molecule has 1 saturated heterocycles. The number of imidazole rings is 1. The number of carbonyl (C=O) groups excluding carboxylic acids is 2. The lowest BCUT2D eigenvalue weighted by molar-refractivity contribution is -0.132. The highest BCUT2D eigenvalue weighted by molar-refractivity contribution is 6.51. The monoisotopic (exact) mass is 491 g/mol. The fraction of sp³-hybridized carbons (Fsp3) is 0.115. The minimum absolute atomic E-state index is 0.0555. The third-order valence-corrected chi connectivity index (χ3v) is 5.96. The summed E-state index contributed by atoms with van der Waals surface area (Å²) in [6.45, 7) is 0. The average Bonchev–Trinajstić information content (AvgIpc) is 3.41. The predicted molar refractivity (Wildman–Crippen MR) is 127 cm³/mol. The van der Waals surface area contributed by atoms with E-state index in [1.165, 1.54) is 14.2 Å². The highest BCUT2D eigenvalue weighted by Gasteiger charge is 2.48. The number of hydrogen-bond acceptors (Lipinski definition) is 6. The lowest BCUT2D eigenvalue weighted by Crippen LogP contribution is -2.30. The number of aromatic amines is 1. The van der Waals surface area contributed by atoms with Gasteiger partial charge in [-0.15, -0.1) is 0 Å². The molecule has 36 heavy (non-hydrogen) atoms. The van der Waals surface area contributed by atoms with Crippen LogP contribution in [0.15, 0.2) is 66.2 Å². The van der Waals surface area contributed by atoms with Crippen LogP contribution in [0.25, 0.3) is 16.8 Å². The molecule has 1 atom stereocenters. The van der Waals surface area contributed by atoms with Crippen LogP contribution in [0.2, 0.25) is 0 Å². The Morgan fingerprint density at radius 3 is 2.50 bits per heavy atom. The molecule has 182 valence electrons. The van der Waals surface area contributed by atoms with Crippen LogP contribution >= 0.6 is 0 Å². The van der Waals surface area contributed by atoms with E-state index in [0.717, 1.165) is 17.0 Å². The van der Waals surface area contributed by atoms with Crippen LogP contribution in [0.1, 0.15) is 17.2 Å². The van der Waals surface area contributed by atoms with Gasteiger partial charge in [0.1, 0.15) is 17.3 Å². The number of amides is 1. The number of methoxy groups -OCH3 is 2. The van der Waals surface area contributed by atoms with E-state index in [4.69, 9.17) is 9.47 Å². The van der Waals surface area contributed by atoms with Gasteiger partial charge in [-0.25, -0.2) is 13.8 Å². The number of H-pyrrole nitrogens is 1. The molecule has 1 aromatic heterocycles. The molecule has 2 heterocycles. The van der Waals surface area contributed by atoms with E-state index in [1.807, 2.05) is 0 Å². The second kappa shape index (κ2) is 8.81. The minimum atomic E-state index is -1.14. The number of para-hydroxylation sites is 1. The van der Waals surface area contributed by atoms with Gasteiger partial charge in [0.05, 0.1) is 42.4 Å². The Morgan fingerprint density at radius 1 is 1.00 bits per heavy atom. The van der Waals surface area contributed by atoms with Crippen molar-refractivity contribution in [1.82, 2.24) is 9.97 Å². The zero-order valence-corrected chi connectivity index (χ0v) is 19.1. The molecule has 1 unspecified atom stereocenters. The summed E-state index contributed by atoms with van der Waals surface area (Å²) in [5.41, 5.74) is 0.609. The SMILES string of the molecule is COc1cccc(C2/C(=C(\O)c3ccccc3OC)C(=O)C(=O)N2c2nc3cc(F)c(F)cc3[nH]2)c1. The minimum Gasteiger partial charge on any atom is -0.507 e. The number of aliphatic hydroxyl groups is 1. The van der Waals surface area contributed by atoms with E-state index in [-0.39, 0.29) is 28.1 Å². The van der Waals surface area contributed by atoms with Crippen LogP contribution < -0.4 is 14.4 Å². The number of aliphatic hydroxyl groups excluding tert-OH is 1. The summed E-state index contributed by atoms with van der Waals surface area (Å²) < 4.78 is 38.2. The Morgan fingerprint density at radius 2 is 1.75 bits per heavy atom. The van der Waals surface area contributed by atoms with Crippen molar-refractivity contribution >= 4 is 34.4 Å². The van der Waals surface area contributed by atoms with Gasteiger partial charge in [0.25, 0.3) is 5.78 Å². The van der Waals surface area contributed by atoms with E-state index in [0.29, 0.717) is 17.1 Å². The third kappa shape index (κ3) is 3.63. The van der Waals surface area contributed by atoms with Gasteiger partial charge in [-0.1, -0.05) is 24.3 Å². The summed E-state index contributed by atoms with van der Waals surface area (Å²) in [4.78, 5) is 34.7. The van der Waals surface area contributed by atoms with Crippen molar-refractivity contribution in [1.29, 1.82) is 0 Å². The molecule has 1 aliphatic rings. The van der Waals surface area contributed by atoms with Gasteiger partial charge in [-0.05, 0) is 29.8 Å². The molecule has 0 radical (unpaired) electrons. The summed E-state index contributed by atoms with van der Waals surface area (Å²) in [6, 6.07) is 13.8. The number of anilines is 1. The number of nitrogens with one attached hydrogen (secondary N) is 1. The summed E-state index contributed by atoms with van der Waals surface area (Å²) in [7, 11) is 2.88. The fourth-order valence-electron chi connectivity index (χ4n) is 4.27. The molecule has 3 aromatic carbocycles. The van der Waals surface area contributed by atoms with Crippen LogP contribution in [-0.4, -0.2) is 41.0 Å². The predicted octanol–water partition coefficient (Wildman–Crippen LogP) is 4.48. The Balaban J connectivity index is 1.76. The van der Waals surface area contributed by atoms with Gasteiger partial charge < -0.3 is 19.6 Å². The summed E-state index contributed by atoms with van der Waals surface area (Å²) >= 11 is 0. The van der Waals surface area contributed by atoms with Crippen LogP contribution in [-0.2, 0) is 9.59 Å². The van der Waals surface area contributed by atoms with E-state index in [1.54, 1.807) is 48.5 Å². The van der Waals surface area contributed by atoms with Gasteiger partial charge in [0.2, 0.25) is 5.95 Å². The molecule has 4 aromatic rings. The van der Waals surface area contributed by atoms with Gasteiger partial charge in [0, 0.05) is 12.1 Å². The zero-order valence-electron chi connectivity index (χ0n) is 19.1. The average molecular weight is 491 g/mol. The summed E-state index contributed by atoms with van der Waals surface area (Å²) in [6.07, 6.45) is 0. The van der Waals surface area contributed by atoms with Crippen LogP contribution in [0, 0.1) is 11.6 Å². The van der Waals surface area contributed by atoms with Crippen molar-refractivity contribution < 1.29 is 33.0 Å². The normalized spacial score (nSPS) is 17.1. The van der Waals surface area contributed by atoms with Crippen LogP contribution in [0.3, 0.4) is 0 Å². The fourth-order valence-corrected chi connectivity index (χ4v) is 4.27. The first-order chi connectivity index (χ1) is 17.3. The standard InChI is InChI=1S/C26H19F2N3O5/c1-35-14-7-5-6-13(10-14)22-21(23(32)15-8-3-4-9-20(15)36-2)24(33)25(34)31(22)26-29-18-11-16(27)17(28)12-19(18)30-26/h3-12,22,32H,1-2H3,(H,29,30)/b23-21+. The van der Waals surface area contributed by atoms with Gasteiger partial charge in [0.15, 0.2) is 11.6 Å². The number of fused-ring (bicyclic) bond motifs is 1. The molecule has 1 amide bonds. The number of benzene rings is 3. The Bertz CT molecular complexity index is 1520. The maximum Gasteiger partial charge on any atom is 0.302 e. The van der Waals surface area contributed by atoms with Gasteiger partial charge in [-0.2, -0.15) is 0 Å². The second-order valence-electron chi connectivity index (χ2n) is 7.99. The Kier molecular flexibility index (Phi) is 5.63. The first-order valence-electron chi connectivity index (χ1n) is 10.8. The lowest BCUT2D eigenvalue weighted by Gasteiger charge is -2.23. The van der Waals surface area contributed by atoms with Crippen molar-refractivity contribution in [3.05, 3.63) is 89.0 Å². The Hall–Kier alpha value is -4.73. The largest absolute Gasteiger partial charge is 0.507 e. The van der Waals surface area contributed by atoms with Gasteiger partial charge in [-0.3, -0.25) is 14.5 Å². The van der Waals surface area contributed by atoms with Crippen LogP contribution in [0.5, 0.6) is 11.5 Å². The molecular formula is C26H19F2N3O5. The topological polar surface area (TPSA) is 105 Å². The number of nitrogens with zero attached hydrogens (tertiary/aromatic N) is 2. The van der Waals surface area contributed by atoms with E-state index in [9.17, 15) is 23.5 Å². The number of halogens is 2. The zero-order chi connectivity index (χ0) is 25.6. The number of aromatic nitrogens is 2. The quantitative estimate of drug-likeness (QED) is 0.242. The number of carbonyl (C=O) groups is 2. The first-order valence-corrected chi connectivity index (χ1v) is 10.8. The smallest absolute Gasteiger partial charge is 0.302 e. The summed E-state index contributed by atoms with van der Waals surface area (Å²) in [5, 5.41) is 11.3. The van der Waals surface area contributed by atoms with Crippen molar-refractivity contribution in [3.63, 3.8) is 0 Å². The summed E-state index contributed by atoms with van der Waals surface area (Å²) in [5.74, 6) is -3.99. The second-order valence-corrected chi connectivity index (χ2v) is 7.99. The third-order valence-electron chi connectivity index (χ3n) is 5.96. The highest BCUT2D eigenvalue weighted by Crippen LogP contribution is 2.43. The van der Waals surface area contributed by atoms with E-state index < -0.39 is 35.1 Å². The first kappa shape index (κ1) is 23.0. The number of rotatable bonds is 5. The van der Waals surface area contributed by atoms with Crippen molar-refractivity contribution in [2.45, 2.75) is 6.04 Å². The van der Waals surface area contributed by atoms with Crippen molar-refractivity contribution in [2.75, 3.05) is 19.1 Å². The molecule has 8 nitrogen and oxygen atoms in total. The Labute approximate surface area is 203 Å². The molecule has 0 saturated carbocycles. The van der Waals surface area contributed by atoms with Crippen LogP contribution in [0.4, 0.5) is 14.7 Å². The molecule has 1 aliphatic heterocycles. The number of hydrogen-bond donors (Lipinski definition) is 2. The number of ether oxygens (including phenoxy) is 2. The van der Waals surface area contributed by atoms with Crippen molar-refractivity contribution in [2.24, 2.45) is 0 Å². The van der Waals surface area contributed by atoms with E-state index >= 15 is 0 Å². The lowest BCUT2D eigenvalue weighted by atomic mass is 9.95. The van der Waals surface area contributed by atoms with Crippen molar-refractivity contribution in [3.8, 4) is 11.5 Å². The maximum absolute atomic E-state index is 13.8. The number of ketones is 1. The van der Waals surface area contributed by atoms with E-state index in [2.05, 4.69) is 9.97 Å². The highest BCUT2D eigenvalue weighted by atomic mass is 19.2.